The van der Waals surface area contributed by atoms with Gasteiger partial charge in [-0.1, -0.05) is 37.6 Å². The predicted molar refractivity (Wildman–Crippen MR) is 56.5 cm³/mol. The fourth-order valence-electron chi connectivity index (χ4n) is 2.02. The minimum absolute atomic E-state index is 0.123. The molecule has 0 aromatic carbocycles. The second-order valence-corrected chi connectivity index (χ2v) is 4.74. The lowest BCUT2D eigenvalue weighted by Crippen LogP contribution is -2.31. The average Bonchev–Trinajstić information content (AvgIpc) is 2.26. The monoisotopic (exact) mass is 180 g/mol. The zero-order chi connectivity index (χ0) is 10.2. The van der Waals surface area contributed by atoms with Crippen LogP contribution in [0.1, 0.15) is 34.1 Å². The van der Waals surface area contributed by atoms with E-state index in [0.717, 1.165) is 12.0 Å². The molecule has 0 bridgehead atoms. The Morgan fingerprint density at radius 1 is 1.69 bits per heavy atom. The van der Waals surface area contributed by atoms with Gasteiger partial charge in [-0.25, -0.2) is 0 Å². The Balaban J connectivity index is 2.82. The Bertz CT molecular complexity index is 248. The van der Waals surface area contributed by atoms with Crippen LogP contribution in [-0.2, 0) is 0 Å². The number of hydrogen-bond acceptors (Lipinski definition) is 1. The fourth-order valence-corrected chi connectivity index (χ4v) is 2.02. The first-order valence-corrected chi connectivity index (χ1v) is 4.88. The summed E-state index contributed by atoms with van der Waals surface area (Å²) in [6.07, 6.45) is 2.85. The summed E-state index contributed by atoms with van der Waals surface area (Å²) in [6.45, 7) is 12.3. The summed E-state index contributed by atoms with van der Waals surface area (Å²) in [4.78, 5) is 0. The van der Waals surface area contributed by atoms with Gasteiger partial charge in [0, 0.05) is 5.92 Å². The van der Waals surface area contributed by atoms with Crippen molar-refractivity contribution in [1.82, 2.24) is 0 Å². The Kier molecular flexibility index (Phi) is 2.67. The lowest BCUT2D eigenvalue weighted by molar-refractivity contribution is 0.0892. The highest BCUT2D eigenvalue weighted by molar-refractivity contribution is 5.22. The van der Waals surface area contributed by atoms with E-state index in [1.54, 1.807) is 0 Å². The highest BCUT2D eigenvalue weighted by Crippen LogP contribution is 2.45. The van der Waals surface area contributed by atoms with Crippen LogP contribution >= 0.6 is 0 Å². The lowest BCUT2D eigenvalue weighted by atomic mass is 9.74. The second kappa shape index (κ2) is 3.30. The smallest absolute Gasteiger partial charge is 0.0784 e. The summed E-state index contributed by atoms with van der Waals surface area (Å²) >= 11 is 0. The molecule has 0 radical (unpaired) electrons. The molecule has 0 aromatic heterocycles. The van der Waals surface area contributed by atoms with Gasteiger partial charge in [-0.15, -0.1) is 0 Å². The number of rotatable bonds is 2. The van der Waals surface area contributed by atoms with E-state index in [4.69, 9.17) is 0 Å². The molecule has 2 atom stereocenters. The van der Waals surface area contributed by atoms with Crippen LogP contribution in [0.5, 0.6) is 0 Å². The zero-order valence-corrected chi connectivity index (χ0v) is 9.09. The largest absolute Gasteiger partial charge is 0.388 e. The van der Waals surface area contributed by atoms with Gasteiger partial charge in [0.15, 0.2) is 0 Å². The molecule has 74 valence electrons. The van der Waals surface area contributed by atoms with Gasteiger partial charge in [-0.3, -0.25) is 0 Å². The van der Waals surface area contributed by atoms with E-state index in [-0.39, 0.29) is 11.5 Å². The van der Waals surface area contributed by atoms with E-state index in [0.29, 0.717) is 5.92 Å². The van der Waals surface area contributed by atoms with Gasteiger partial charge in [0.25, 0.3) is 0 Å². The van der Waals surface area contributed by atoms with Gasteiger partial charge < -0.3 is 5.11 Å². The van der Waals surface area contributed by atoms with Crippen LogP contribution in [0.15, 0.2) is 23.8 Å². The maximum Gasteiger partial charge on any atom is 0.0784 e. The molecule has 1 aliphatic rings. The highest BCUT2D eigenvalue weighted by atomic mass is 16.3. The van der Waals surface area contributed by atoms with Crippen LogP contribution in [0, 0.1) is 11.3 Å². The standard InChI is InChI=1S/C12H20O/c1-8(2)11(13)10-7-6-9(3)12(10,4)5/h6,10-11,13H,1,7H2,2-5H3/t10-,11?/m0/s1. The number of allylic oxidation sites excluding steroid dienone is 2. The topological polar surface area (TPSA) is 20.2 Å². The van der Waals surface area contributed by atoms with Crippen molar-refractivity contribution in [2.45, 2.75) is 40.2 Å². The molecule has 1 unspecified atom stereocenters. The molecular formula is C12H20O. The van der Waals surface area contributed by atoms with Gasteiger partial charge in [0.05, 0.1) is 6.10 Å². The summed E-state index contributed by atoms with van der Waals surface area (Å²) in [6, 6.07) is 0. The van der Waals surface area contributed by atoms with E-state index < -0.39 is 0 Å². The number of aliphatic hydroxyl groups is 1. The van der Waals surface area contributed by atoms with Crippen molar-refractivity contribution in [2.75, 3.05) is 0 Å². The Hall–Kier alpha value is -0.560. The SMILES string of the molecule is C=C(C)C(O)[C@@H]1CC=C(C)C1(C)C. The maximum atomic E-state index is 9.95. The molecule has 1 heteroatoms. The summed E-state index contributed by atoms with van der Waals surface area (Å²) in [5.74, 6) is 0.310. The molecule has 1 N–H and O–H groups in total. The molecule has 1 aliphatic carbocycles. The normalized spacial score (nSPS) is 28.4. The third kappa shape index (κ3) is 1.71. The van der Waals surface area contributed by atoms with Crippen LogP contribution in [0.3, 0.4) is 0 Å². The first-order chi connectivity index (χ1) is 5.87. The summed E-state index contributed by atoms with van der Waals surface area (Å²) in [7, 11) is 0. The molecule has 0 amide bonds. The molecule has 0 spiro atoms. The van der Waals surface area contributed by atoms with E-state index in [2.05, 4.69) is 33.4 Å². The lowest BCUT2D eigenvalue weighted by Gasteiger charge is -2.33. The summed E-state index contributed by atoms with van der Waals surface area (Å²) in [5, 5.41) is 9.95. The van der Waals surface area contributed by atoms with Gasteiger partial charge in [0.2, 0.25) is 0 Å². The first-order valence-electron chi connectivity index (χ1n) is 4.88. The zero-order valence-electron chi connectivity index (χ0n) is 9.09. The number of aliphatic hydroxyl groups excluding tert-OH is 1. The van der Waals surface area contributed by atoms with Crippen LogP contribution < -0.4 is 0 Å². The summed E-state index contributed by atoms with van der Waals surface area (Å²) < 4.78 is 0. The Morgan fingerprint density at radius 2 is 2.23 bits per heavy atom. The summed E-state index contributed by atoms with van der Waals surface area (Å²) in [5.41, 5.74) is 2.39. The molecule has 0 heterocycles. The van der Waals surface area contributed by atoms with Crippen molar-refractivity contribution >= 4 is 0 Å². The van der Waals surface area contributed by atoms with E-state index in [9.17, 15) is 5.11 Å². The first kappa shape index (κ1) is 10.5. The third-order valence-electron chi connectivity index (χ3n) is 3.51. The maximum absolute atomic E-state index is 9.95. The van der Waals surface area contributed by atoms with Crippen molar-refractivity contribution < 1.29 is 5.11 Å². The minimum Gasteiger partial charge on any atom is -0.388 e. The number of hydrogen-bond donors (Lipinski definition) is 1. The molecular weight excluding hydrogens is 160 g/mol. The predicted octanol–water partition coefficient (Wildman–Crippen LogP) is 2.92. The average molecular weight is 180 g/mol. The molecule has 1 nitrogen and oxygen atoms in total. The second-order valence-electron chi connectivity index (χ2n) is 4.74. The minimum atomic E-state index is -0.358. The molecule has 13 heavy (non-hydrogen) atoms. The van der Waals surface area contributed by atoms with Crippen molar-refractivity contribution in [2.24, 2.45) is 11.3 Å². The van der Waals surface area contributed by atoms with Gasteiger partial charge >= 0.3 is 0 Å². The van der Waals surface area contributed by atoms with E-state index in [1.165, 1.54) is 5.57 Å². The van der Waals surface area contributed by atoms with Crippen molar-refractivity contribution in [3.8, 4) is 0 Å². The van der Waals surface area contributed by atoms with Crippen LogP contribution in [0.25, 0.3) is 0 Å². The van der Waals surface area contributed by atoms with Gasteiger partial charge in [-0.05, 0) is 25.7 Å². The molecule has 0 aliphatic heterocycles. The van der Waals surface area contributed by atoms with E-state index >= 15 is 0 Å². The van der Waals surface area contributed by atoms with Crippen molar-refractivity contribution in [1.29, 1.82) is 0 Å². The van der Waals surface area contributed by atoms with E-state index in [1.807, 2.05) is 6.92 Å². The third-order valence-corrected chi connectivity index (χ3v) is 3.51. The van der Waals surface area contributed by atoms with Crippen molar-refractivity contribution in [3.63, 3.8) is 0 Å². The quantitative estimate of drug-likeness (QED) is 0.648. The van der Waals surface area contributed by atoms with Gasteiger partial charge in [0.1, 0.15) is 0 Å². The highest BCUT2D eigenvalue weighted by Gasteiger charge is 2.39. The fraction of sp³-hybridized carbons (Fsp3) is 0.667. The molecule has 0 aromatic rings. The Labute approximate surface area is 81.2 Å². The molecule has 1 rings (SSSR count). The van der Waals surface area contributed by atoms with Gasteiger partial charge in [-0.2, -0.15) is 0 Å². The molecule has 0 saturated heterocycles. The van der Waals surface area contributed by atoms with Crippen LogP contribution in [0.4, 0.5) is 0 Å². The van der Waals surface area contributed by atoms with Crippen molar-refractivity contribution in [3.05, 3.63) is 23.8 Å². The van der Waals surface area contributed by atoms with Crippen LogP contribution in [-0.4, -0.2) is 11.2 Å². The molecule has 0 saturated carbocycles. The molecule has 0 fully saturated rings. The Morgan fingerprint density at radius 3 is 2.54 bits per heavy atom. The van der Waals surface area contributed by atoms with Crippen LogP contribution in [0.2, 0.25) is 0 Å².